The maximum absolute atomic E-state index is 14.7. The van der Waals surface area contributed by atoms with E-state index in [0.29, 0.717) is 17.0 Å². The molecule has 0 bridgehead atoms. The third-order valence-corrected chi connectivity index (χ3v) is 4.14. The molecule has 5 atom stereocenters. The minimum absolute atomic E-state index is 0.109. The Morgan fingerprint density at radius 1 is 1.48 bits per heavy atom. The summed E-state index contributed by atoms with van der Waals surface area (Å²) in [6.07, 6.45) is -2.80. The molecule has 2 aromatic heterocycles. The van der Waals surface area contributed by atoms with Crippen LogP contribution < -0.4 is 5.32 Å². The first-order valence-corrected chi connectivity index (χ1v) is 8.72. The molecule has 1 aliphatic heterocycles. The molecular weight excluding hydrogens is 356 g/mol. The van der Waals surface area contributed by atoms with Crippen molar-refractivity contribution in [3.05, 3.63) is 12.7 Å². The number of ether oxygens (including phenoxy) is 1. The van der Waals surface area contributed by atoms with Gasteiger partial charge in [0.1, 0.15) is 12.4 Å². The van der Waals surface area contributed by atoms with Gasteiger partial charge in [-0.25, -0.2) is 19.3 Å². The number of alkyl halides is 1. The summed E-state index contributed by atoms with van der Waals surface area (Å²) >= 11 is 0. The molecule has 2 unspecified atom stereocenters. The van der Waals surface area contributed by atoms with E-state index in [2.05, 4.69) is 24.8 Å². The van der Waals surface area contributed by atoms with Gasteiger partial charge >= 0.3 is 8.25 Å². The van der Waals surface area contributed by atoms with Crippen molar-refractivity contribution < 1.29 is 28.2 Å². The van der Waals surface area contributed by atoms with Gasteiger partial charge in [-0.15, -0.1) is 9.42 Å². The van der Waals surface area contributed by atoms with Crippen molar-refractivity contribution in [2.75, 3.05) is 11.9 Å². The number of fused-ring (bicyclic) bond motifs is 1. The average molecular weight is 374 g/mol. The van der Waals surface area contributed by atoms with E-state index in [1.165, 1.54) is 17.2 Å². The molecule has 10 nitrogen and oxygen atoms in total. The standard InChI is InChI=1S/C13H17FN5O5P/c1-6(2)18-11-9-12(16-4-15-11)19(5-17-9)13-8(14)10(24-25(21)22)7(3-20)23-13/h4-8,10,13,20H,3H2,1-2H3,(H-,15,16,18,21,22)/p+1/t7-,8+,10?,13-/m1/s1. The number of nitrogens with zero attached hydrogens (tertiary/aromatic N) is 4. The molecule has 3 N–H and O–H groups in total. The fourth-order valence-corrected chi connectivity index (χ4v) is 3.17. The summed E-state index contributed by atoms with van der Waals surface area (Å²) in [4.78, 5) is 21.3. The Morgan fingerprint density at radius 2 is 2.24 bits per heavy atom. The minimum Gasteiger partial charge on any atom is -0.394 e. The molecule has 1 aliphatic rings. The first-order valence-electron chi connectivity index (χ1n) is 7.59. The molecule has 136 valence electrons. The van der Waals surface area contributed by atoms with E-state index in [9.17, 15) is 14.1 Å². The molecular formula is C13H18FN5O5P+. The lowest BCUT2D eigenvalue weighted by Gasteiger charge is -2.15. The average Bonchev–Trinajstić information content (AvgIpc) is 3.09. The number of aliphatic hydroxyl groups is 1. The van der Waals surface area contributed by atoms with Crippen LogP contribution in [0.1, 0.15) is 20.1 Å². The first kappa shape index (κ1) is 18.0. The molecule has 12 heteroatoms. The molecule has 0 saturated carbocycles. The lowest BCUT2D eigenvalue weighted by Crippen LogP contribution is -2.32. The molecule has 0 amide bonds. The Hall–Kier alpha value is -1.78. The van der Waals surface area contributed by atoms with Gasteiger partial charge in [0.25, 0.3) is 0 Å². The van der Waals surface area contributed by atoms with Crippen LogP contribution in [0.15, 0.2) is 12.7 Å². The van der Waals surface area contributed by atoms with Crippen molar-refractivity contribution in [1.29, 1.82) is 0 Å². The second kappa shape index (κ2) is 7.22. The Morgan fingerprint density at radius 3 is 2.88 bits per heavy atom. The van der Waals surface area contributed by atoms with E-state index in [1.807, 2.05) is 13.8 Å². The fraction of sp³-hybridized carbons (Fsp3) is 0.615. The second-order valence-electron chi connectivity index (χ2n) is 5.85. The van der Waals surface area contributed by atoms with Crippen LogP contribution >= 0.6 is 8.25 Å². The van der Waals surface area contributed by atoms with Gasteiger partial charge in [0.15, 0.2) is 35.5 Å². The summed E-state index contributed by atoms with van der Waals surface area (Å²) in [5, 5.41) is 12.4. The van der Waals surface area contributed by atoms with Crippen LogP contribution in [0.4, 0.5) is 10.2 Å². The number of nitrogens with one attached hydrogen (secondary N) is 1. The molecule has 2 aromatic rings. The van der Waals surface area contributed by atoms with Gasteiger partial charge < -0.3 is 15.2 Å². The van der Waals surface area contributed by atoms with Crippen LogP contribution in [0.5, 0.6) is 0 Å². The third kappa shape index (κ3) is 3.46. The van der Waals surface area contributed by atoms with Crippen molar-refractivity contribution in [2.45, 2.75) is 44.5 Å². The van der Waals surface area contributed by atoms with Crippen molar-refractivity contribution in [2.24, 2.45) is 0 Å². The van der Waals surface area contributed by atoms with Crippen LogP contribution in [-0.2, 0) is 13.8 Å². The second-order valence-corrected chi connectivity index (χ2v) is 6.53. The Kier molecular flexibility index (Phi) is 5.21. The minimum atomic E-state index is -3.04. The molecule has 0 aliphatic carbocycles. The van der Waals surface area contributed by atoms with Gasteiger partial charge in [-0.3, -0.25) is 4.57 Å². The summed E-state index contributed by atoms with van der Waals surface area (Å²) in [6.45, 7) is 3.31. The Labute approximate surface area is 143 Å². The Balaban J connectivity index is 1.95. The number of hydrogen-bond donors (Lipinski definition) is 3. The molecule has 3 heterocycles. The number of imidazole rings is 1. The lowest BCUT2D eigenvalue weighted by molar-refractivity contribution is -0.0436. The van der Waals surface area contributed by atoms with Crippen LogP contribution in [-0.4, -0.2) is 60.5 Å². The smallest absolute Gasteiger partial charge is 0.394 e. The number of aliphatic hydroxyl groups excluding tert-OH is 1. The maximum Gasteiger partial charge on any atom is 0.695 e. The Bertz CT molecular complexity index is 774. The summed E-state index contributed by atoms with van der Waals surface area (Å²) in [6, 6.07) is 0.109. The number of anilines is 1. The number of hydrogen-bond acceptors (Lipinski definition) is 8. The molecule has 25 heavy (non-hydrogen) atoms. The van der Waals surface area contributed by atoms with Gasteiger partial charge in [0, 0.05) is 10.6 Å². The largest absolute Gasteiger partial charge is 0.695 e. The zero-order chi connectivity index (χ0) is 18.1. The van der Waals surface area contributed by atoms with E-state index in [0.717, 1.165) is 0 Å². The number of aromatic nitrogens is 4. The summed E-state index contributed by atoms with van der Waals surface area (Å²) < 4.78 is 37.1. The zero-order valence-corrected chi connectivity index (χ0v) is 14.4. The van der Waals surface area contributed by atoms with E-state index in [4.69, 9.17) is 9.63 Å². The highest BCUT2D eigenvalue weighted by molar-refractivity contribution is 7.32. The van der Waals surface area contributed by atoms with E-state index < -0.39 is 39.5 Å². The molecule has 0 radical (unpaired) electrons. The van der Waals surface area contributed by atoms with E-state index in [-0.39, 0.29) is 6.04 Å². The quantitative estimate of drug-likeness (QED) is 0.631. The van der Waals surface area contributed by atoms with Crippen LogP contribution in [0.25, 0.3) is 11.2 Å². The van der Waals surface area contributed by atoms with Crippen LogP contribution in [0.2, 0.25) is 0 Å². The predicted octanol–water partition coefficient (Wildman–Crippen LogP) is 0.909. The van der Waals surface area contributed by atoms with Gasteiger partial charge in [-0.05, 0) is 13.8 Å². The molecule has 3 rings (SSSR count). The summed E-state index contributed by atoms with van der Waals surface area (Å²) in [7, 11) is -3.04. The van der Waals surface area contributed by atoms with Crippen molar-refractivity contribution in [3.63, 3.8) is 0 Å². The van der Waals surface area contributed by atoms with Gasteiger partial charge in [-0.2, -0.15) is 0 Å². The van der Waals surface area contributed by atoms with Crippen molar-refractivity contribution in [1.82, 2.24) is 19.5 Å². The van der Waals surface area contributed by atoms with Gasteiger partial charge in [-0.1, -0.05) is 0 Å². The topological polar surface area (TPSA) is 132 Å². The number of halogens is 1. The number of rotatable bonds is 6. The van der Waals surface area contributed by atoms with E-state index >= 15 is 0 Å². The van der Waals surface area contributed by atoms with Crippen LogP contribution in [0, 0.1) is 0 Å². The van der Waals surface area contributed by atoms with E-state index in [1.54, 1.807) is 0 Å². The lowest BCUT2D eigenvalue weighted by atomic mass is 10.1. The predicted molar refractivity (Wildman–Crippen MR) is 84.7 cm³/mol. The SMILES string of the molecule is CC(C)Nc1ncnc2c1ncn2[C@@H]1O[C@H](CO)C(O[P+](=O)O)[C@@H]1F. The van der Waals surface area contributed by atoms with Crippen molar-refractivity contribution in [3.8, 4) is 0 Å². The molecule has 0 spiro atoms. The van der Waals surface area contributed by atoms with Crippen LogP contribution in [0.3, 0.4) is 0 Å². The summed E-state index contributed by atoms with van der Waals surface area (Å²) in [5.41, 5.74) is 0.765. The normalized spacial score (nSPS) is 27.2. The van der Waals surface area contributed by atoms with Crippen molar-refractivity contribution >= 4 is 25.2 Å². The summed E-state index contributed by atoms with van der Waals surface area (Å²) in [5.74, 6) is 0.497. The monoisotopic (exact) mass is 374 g/mol. The molecule has 0 aromatic carbocycles. The maximum atomic E-state index is 14.7. The zero-order valence-electron chi connectivity index (χ0n) is 13.5. The highest BCUT2D eigenvalue weighted by atomic mass is 31.1. The molecule has 1 saturated heterocycles. The fourth-order valence-electron chi connectivity index (χ4n) is 2.71. The molecule has 1 fully saturated rings. The highest BCUT2D eigenvalue weighted by Gasteiger charge is 2.51. The van der Waals surface area contributed by atoms with Gasteiger partial charge in [0.05, 0.1) is 12.9 Å². The van der Waals surface area contributed by atoms with Gasteiger partial charge in [0.2, 0.25) is 0 Å². The first-order chi connectivity index (χ1) is 11.9. The highest BCUT2D eigenvalue weighted by Crippen LogP contribution is 2.38. The third-order valence-electron chi connectivity index (χ3n) is 3.72.